The molecular weight excluding hydrogens is 226 g/mol. The van der Waals surface area contributed by atoms with E-state index < -0.39 is 0 Å². The van der Waals surface area contributed by atoms with E-state index in [1.807, 2.05) is 35.2 Å². The standard InChI is InChI=1S/C15H17NO2/c1-2-10-12-11-8-18-15(9-6-4-3-5-7-9)16(11)14(17)13(10)12/h3-7,10-13,15H,2,8H2,1H3/t10-,11+,12+,13+,15+/m0/s1. The van der Waals surface area contributed by atoms with Gasteiger partial charge in [0.2, 0.25) is 5.91 Å². The van der Waals surface area contributed by atoms with E-state index >= 15 is 0 Å². The van der Waals surface area contributed by atoms with E-state index in [9.17, 15) is 4.79 Å². The average Bonchev–Trinajstić information content (AvgIpc) is 2.85. The van der Waals surface area contributed by atoms with Crippen LogP contribution in [0.25, 0.3) is 0 Å². The second-order valence-corrected chi connectivity index (χ2v) is 5.58. The molecule has 2 heterocycles. The maximum Gasteiger partial charge on any atom is 0.228 e. The van der Waals surface area contributed by atoms with Crippen molar-refractivity contribution in [1.82, 2.24) is 4.90 Å². The minimum atomic E-state index is -0.144. The maximum atomic E-state index is 12.4. The number of hydrogen-bond acceptors (Lipinski definition) is 2. The lowest BCUT2D eigenvalue weighted by molar-refractivity contribution is -0.137. The fourth-order valence-corrected chi connectivity index (χ4v) is 3.95. The number of amides is 1. The maximum absolute atomic E-state index is 12.4. The minimum Gasteiger partial charge on any atom is -0.352 e. The summed E-state index contributed by atoms with van der Waals surface area (Å²) in [6.07, 6.45) is 0.982. The summed E-state index contributed by atoms with van der Waals surface area (Å²) >= 11 is 0. The lowest BCUT2D eigenvalue weighted by atomic mass is 10.1. The Hall–Kier alpha value is -1.35. The van der Waals surface area contributed by atoms with Gasteiger partial charge in [0.05, 0.1) is 12.6 Å². The predicted octanol–water partition coefficient (Wildman–Crippen LogP) is 2.20. The summed E-state index contributed by atoms with van der Waals surface area (Å²) in [5.74, 6) is 1.81. The van der Waals surface area contributed by atoms with Crippen molar-refractivity contribution in [2.75, 3.05) is 6.61 Å². The second kappa shape index (κ2) is 3.58. The zero-order chi connectivity index (χ0) is 12.3. The van der Waals surface area contributed by atoms with Crippen LogP contribution in [0.15, 0.2) is 30.3 Å². The third kappa shape index (κ3) is 1.20. The molecule has 2 aliphatic heterocycles. The van der Waals surface area contributed by atoms with Crippen molar-refractivity contribution in [3.05, 3.63) is 35.9 Å². The first-order valence-corrected chi connectivity index (χ1v) is 6.81. The van der Waals surface area contributed by atoms with Gasteiger partial charge in [-0.1, -0.05) is 43.7 Å². The van der Waals surface area contributed by atoms with Crippen LogP contribution in [0.3, 0.4) is 0 Å². The summed E-state index contributed by atoms with van der Waals surface area (Å²) in [5, 5.41) is 0. The van der Waals surface area contributed by atoms with Crippen LogP contribution in [0.1, 0.15) is 25.1 Å². The van der Waals surface area contributed by atoms with Gasteiger partial charge in [-0.15, -0.1) is 0 Å². The Labute approximate surface area is 107 Å². The minimum absolute atomic E-state index is 0.144. The molecule has 1 aromatic rings. The number of rotatable bonds is 2. The van der Waals surface area contributed by atoms with Gasteiger partial charge in [-0.05, 0) is 11.8 Å². The Morgan fingerprint density at radius 1 is 1.33 bits per heavy atom. The highest BCUT2D eigenvalue weighted by Crippen LogP contribution is 2.61. The van der Waals surface area contributed by atoms with E-state index in [1.54, 1.807) is 0 Å². The first-order valence-electron chi connectivity index (χ1n) is 6.81. The van der Waals surface area contributed by atoms with Crippen molar-refractivity contribution in [1.29, 1.82) is 0 Å². The van der Waals surface area contributed by atoms with Gasteiger partial charge in [0.25, 0.3) is 0 Å². The number of benzene rings is 1. The average molecular weight is 243 g/mol. The van der Waals surface area contributed by atoms with E-state index in [4.69, 9.17) is 4.74 Å². The monoisotopic (exact) mass is 243 g/mol. The van der Waals surface area contributed by atoms with Gasteiger partial charge in [0.1, 0.15) is 0 Å². The summed E-state index contributed by atoms with van der Waals surface area (Å²) in [7, 11) is 0. The van der Waals surface area contributed by atoms with Crippen molar-refractivity contribution >= 4 is 5.91 Å². The van der Waals surface area contributed by atoms with Crippen molar-refractivity contribution in [2.45, 2.75) is 25.6 Å². The highest BCUT2D eigenvalue weighted by molar-refractivity contribution is 5.86. The molecule has 3 nitrogen and oxygen atoms in total. The molecule has 1 amide bonds. The highest BCUT2D eigenvalue weighted by atomic mass is 16.5. The van der Waals surface area contributed by atoms with Crippen molar-refractivity contribution in [2.24, 2.45) is 17.8 Å². The van der Waals surface area contributed by atoms with Crippen LogP contribution >= 0.6 is 0 Å². The summed E-state index contributed by atoms with van der Waals surface area (Å²) in [4.78, 5) is 14.4. The molecule has 0 unspecified atom stereocenters. The molecule has 0 spiro atoms. The largest absolute Gasteiger partial charge is 0.352 e. The molecule has 5 atom stereocenters. The van der Waals surface area contributed by atoms with Gasteiger partial charge in [-0.2, -0.15) is 0 Å². The topological polar surface area (TPSA) is 29.5 Å². The second-order valence-electron chi connectivity index (χ2n) is 5.58. The molecule has 0 radical (unpaired) electrons. The van der Waals surface area contributed by atoms with E-state index in [-0.39, 0.29) is 6.23 Å². The fraction of sp³-hybridized carbons (Fsp3) is 0.533. The van der Waals surface area contributed by atoms with Crippen LogP contribution in [0, 0.1) is 17.8 Å². The Balaban J connectivity index is 1.63. The van der Waals surface area contributed by atoms with Crippen molar-refractivity contribution in [3.63, 3.8) is 0 Å². The SMILES string of the molecule is CC[C@@H]1[C@H]2C(=O)N3[C@@H](c4ccccc4)OC[C@@H]3[C@@H]12. The number of nitrogens with zero attached hydrogens (tertiary/aromatic N) is 1. The Morgan fingerprint density at radius 3 is 2.83 bits per heavy atom. The fourth-order valence-electron chi connectivity index (χ4n) is 3.95. The Kier molecular flexibility index (Phi) is 2.10. The van der Waals surface area contributed by atoms with Crippen LogP contribution in [0.2, 0.25) is 0 Å². The number of hydrogen-bond donors (Lipinski definition) is 0. The van der Waals surface area contributed by atoms with Crippen LogP contribution in [0.4, 0.5) is 0 Å². The predicted molar refractivity (Wildman–Crippen MR) is 66.5 cm³/mol. The van der Waals surface area contributed by atoms with E-state index in [0.717, 1.165) is 12.0 Å². The summed E-state index contributed by atoms with van der Waals surface area (Å²) < 4.78 is 5.87. The molecule has 1 aliphatic carbocycles. The van der Waals surface area contributed by atoms with Crippen molar-refractivity contribution < 1.29 is 9.53 Å². The van der Waals surface area contributed by atoms with Gasteiger partial charge >= 0.3 is 0 Å². The molecule has 18 heavy (non-hydrogen) atoms. The molecule has 1 saturated carbocycles. The number of piperidine rings is 1. The molecule has 4 rings (SSSR count). The first kappa shape index (κ1) is 10.6. The van der Waals surface area contributed by atoms with Gasteiger partial charge in [-0.3, -0.25) is 4.79 Å². The van der Waals surface area contributed by atoms with Gasteiger partial charge in [0.15, 0.2) is 6.23 Å². The smallest absolute Gasteiger partial charge is 0.228 e. The molecular formula is C15H17NO2. The van der Waals surface area contributed by atoms with Crippen molar-refractivity contribution in [3.8, 4) is 0 Å². The molecule has 0 bridgehead atoms. The quantitative estimate of drug-likeness (QED) is 0.797. The summed E-state index contributed by atoms with van der Waals surface area (Å²) in [6, 6.07) is 10.4. The number of ether oxygens (including phenoxy) is 1. The lowest BCUT2D eigenvalue weighted by Gasteiger charge is -2.25. The molecule has 94 valence electrons. The summed E-state index contributed by atoms with van der Waals surface area (Å²) in [5.41, 5.74) is 1.10. The van der Waals surface area contributed by atoms with Crippen LogP contribution < -0.4 is 0 Å². The Morgan fingerprint density at radius 2 is 2.11 bits per heavy atom. The highest BCUT2D eigenvalue weighted by Gasteiger charge is 2.68. The van der Waals surface area contributed by atoms with E-state index in [0.29, 0.717) is 36.3 Å². The van der Waals surface area contributed by atoms with Gasteiger partial charge in [0, 0.05) is 11.5 Å². The zero-order valence-electron chi connectivity index (χ0n) is 10.5. The number of carbonyl (C=O) groups excluding carboxylic acids is 1. The van der Waals surface area contributed by atoms with Gasteiger partial charge in [-0.25, -0.2) is 0 Å². The lowest BCUT2D eigenvalue weighted by Crippen LogP contribution is -2.36. The van der Waals surface area contributed by atoms with Crippen LogP contribution in [-0.4, -0.2) is 23.5 Å². The van der Waals surface area contributed by atoms with Gasteiger partial charge < -0.3 is 9.64 Å². The Bertz CT molecular complexity index is 487. The third-order valence-corrected chi connectivity index (χ3v) is 4.80. The first-order chi connectivity index (χ1) is 8.83. The van der Waals surface area contributed by atoms with E-state index in [1.165, 1.54) is 0 Å². The molecule has 0 aromatic heterocycles. The van der Waals surface area contributed by atoms with E-state index in [2.05, 4.69) is 6.92 Å². The third-order valence-electron chi connectivity index (χ3n) is 4.80. The summed E-state index contributed by atoms with van der Waals surface area (Å²) in [6.45, 7) is 2.90. The van der Waals surface area contributed by atoms with Crippen LogP contribution in [0.5, 0.6) is 0 Å². The molecule has 3 fully saturated rings. The molecule has 3 aliphatic rings. The molecule has 1 aromatic carbocycles. The normalized spacial score (nSPS) is 40.8. The zero-order valence-corrected chi connectivity index (χ0v) is 10.5. The number of carbonyl (C=O) groups is 1. The van der Waals surface area contributed by atoms with Crippen LogP contribution in [-0.2, 0) is 9.53 Å². The molecule has 0 N–H and O–H groups in total. The number of fused-ring (bicyclic) bond motifs is 3. The molecule has 2 saturated heterocycles. The molecule has 3 heteroatoms.